The van der Waals surface area contributed by atoms with Crippen molar-refractivity contribution in [1.29, 1.82) is 0 Å². The highest BCUT2D eigenvalue weighted by Gasteiger charge is 2.21. The Kier molecular flexibility index (Phi) is 5.90. The van der Waals surface area contributed by atoms with Crippen LogP contribution in [0.4, 0.5) is 0 Å². The van der Waals surface area contributed by atoms with Crippen LogP contribution in [0.2, 0.25) is 0 Å². The molecule has 0 radical (unpaired) electrons. The molecule has 0 bridgehead atoms. The van der Waals surface area contributed by atoms with Crippen LogP contribution in [0, 0.1) is 34.6 Å². The van der Waals surface area contributed by atoms with Gasteiger partial charge in [0.2, 0.25) is 0 Å². The molecule has 1 aliphatic rings. The second kappa shape index (κ2) is 7.28. The summed E-state index contributed by atoms with van der Waals surface area (Å²) in [6, 6.07) is 0. The maximum Gasteiger partial charge on any atom is 0.0575 e. The Labute approximate surface area is 138 Å². The number of halogens is 1. The van der Waals surface area contributed by atoms with Gasteiger partial charge in [0, 0.05) is 11.4 Å². The SMILES string of the molecule is Cc1c(C)c(C)c(C(Br)CCC2CCCCO2)c(C)c1C. The van der Waals surface area contributed by atoms with E-state index in [-0.39, 0.29) is 0 Å². The minimum atomic E-state index is 0.445. The van der Waals surface area contributed by atoms with E-state index in [4.69, 9.17) is 4.74 Å². The van der Waals surface area contributed by atoms with Crippen molar-refractivity contribution in [1.82, 2.24) is 0 Å². The van der Waals surface area contributed by atoms with E-state index in [1.54, 1.807) is 0 Å². The molecule has 2 heteroatoms. The summed E-state index contributed by atoms with van der Waals surface area (Å²) in [7, 11) is 0. The highest BCUT2D eigenvalue weighted by Crippen LogP contribution is 2.38. The van der Waals surface area contributed by atoms with E-state index in [2.05, 4.69) is 50.5 Å². The van der Waals surface area contributed by atoms with Gasteiger partial charge in [-0.1, -0.05) is 15.9 Å². The quantitative estimate of drug-likeness (QED) is 0.602. The summed E-state index contributed by atoms with van der Waals surface area (Å²) < 4.78 is 5.87. The standard InChI is InChI=1S/C19H29BrO/c1-12-13(2)15(4)19(16(5)14(12)3)18(20)10-9-17-8-6-7-11-21-17/h17-18H,6-11H2,1-5H3. The number of hydrogen-bond acceptors (Lipinski definition) is 1. The summed E-state index contributed by atoms with van der Waals surface area (Å²) >= 11 is 3.95. The summed E-state index contributed by atoms with van der Waals surface area (Å²) in [5.41, 5.74) is 8.78. The van der Waals surface area contributed by atoms with Crippen molar-refractivity contribution in [2.45, 2.75) is 77.7 Å². The molecule has 118 valence electrons. The highest BCUT2D eigenvalue weighted by molar-refractivity contribution is 9.09. The fraction of sp³-hybridized carbons (Fsp3) is 0.684. The van der Waals surface area contributed by atoms with Gasteiger partial charge < -0.3 is 4.74 Å². The summed E-state index contributed by atoms with van der Waals surface area (Å²) in [5, 5.41) is 0. The average Bonchev–Trinajstić information content (AvgIpc) is 2.50. The molecule has 1 aromatic rings. The average molecular weight is 353 g/mol. The van der Waals surface area contributed by atoms with Crippen LogP contribution in [0.1, 0.15) is 70.3 Å². The maximum atomic E-state index is 5.87. The smallest absolute Gasteiger partial charge is 0.0575 e. The molecule has 0 saturated carbocycles. The fourth-order valence-electron chi connectivity index (χ4n) is 3.51. The first-order valence-corrected chi connectivity index (χ1v) is 9.17. The molecular weight excluding hydrogens is 324 g/mol. The second-order valence-corrected chi connectivity index (χ2v) is 7.68. The lowest BCUT2D eigenvalue weighted by molar-refractivity contribution is 0.0101. The molecule has 2 atom stereocenters. The molecule has 1 saturated heterocycles. The third kappa shape index (κ3) is 3.71. The van der Waals surface area contributed by atoms with E-state index in [0.717, 1.165) is 13.0 Å². The van der Waals surface area contributed by atoms with Crippen LogP contribution in [-0.2, 0) is 4.74 Å². The molecule has 1 nitrogen and oxygen atoms in total. The molecule has 1 heterocycles. The lowest BCUT2D eigenvalue weighted by Gasteiger charge is -2.26. The molecule has 1 fully saturated rings. The molecular formula is C19H29BrO. The zero-order valence-corrected chi connectivity index (χ0v) is 15.8. The van der Waals surface area contributed by atoms with Crippen molar-refractivity contribution >= 4 is 15.9 Å². The molecule has 0 N–H and O–H groups in total. The minimum absolute atomic E-state index is 0.445. The van der Waals surface area contributed by atoms with Crippen LogP contribution in [0.15, 0.2) is 0 Å². The summed E-state index contributed by atoms with van der Waals surface area (Å²) in [6.07, 6.45) is 6.62. The Morgan fingerprint density at radius 1 is 0.952 bits per heavy atom. The van der Waals surface area contributed by atoms with E-state index in [0.29, 0.717) is 10.9 Å². The Bertz CT molecular complexity index is 472. The van der Waals surface area contributed by atoms with Crippen molar-refractivity contribution in [3.63, 3.8) is 0 Å². The molecule has 2 unspecified atom stereocenters. The lowest BCUT2D eigenvalue weighted by atomic mass is 9.87. The Morgan fingerprint density at radius 3 is 2.05 bits per heavy atom. The molecule has 0 amide bonds. The number of benzene rings is 1. The fourth-order valence-corrected chi connectivity index (χ4v) is 4.46. The molecule has 0 aromatic heterocycles. The molecule has 2 rings (SSSR count). The van der Waals surface area contributed by atoms with Gasteiger partial charge in [-0.05, 0) is 100 Å². The van der Waals surface area contributed by atoms with Gasteiger partial charge in [-0.2, -0.15) is 0 Å². The first-order valence-electron chi connectivity index (χ1n) is 8.26. The largest absolute Gasteiger partial charge is 0.378 e. The van der Waals surface area contributed by atoms with Gasteiger partial charge in [0.25, 0.3) is 0 Å². The van der Waals surface area contributed by atoms with Gasteiger partial charge >= 0.3 is 0 Å². The van der Waals surface area contributed by atoms with Crippen molar-refractivity contribution < 1.29 is 4.74 Å². The van der Waals surface area contributed by atoms with E-state index in [9.17, 15) is 0 Å². The lowest BCUT2D eigenvalue weighted by Crippen LogP contribution is -2.19. The van der Waals surface area contributed by atoms with Crippen molar-refractivity contribution in [2.75, 3.05) is 6.61 Å². The van der Waals surface area contributed by atoms with Crippen LogP contribution in [-0.4, -0.2) is 12.7 Å². The molecule has 21 heavy (non-hydrogen) atoms. The predicted octanol–water partition coefficient (Wildman–Crippen LogP) is 6.01. The second-order valence-electron chi connectivity index (χ2n) is 6.57. The predicted molar refractivity (Wildman–Crippen MR) is 94.6 cm³/mol. The van der Waals surface area contributed by atoms with Gasteiger partial charge in [0.15, 0.2) is 0 Å². The van der Waals surface area contributed by atoms with Crippen molar-refractivity contribution in [3.05, 3.63) is 33.4 Å². The monoisotopic (exact) mass is 352 g/mol. The Hall–Kier alpha value is -0.340. The number of alkyl halides is 1. The van der Waals surface area contributed by atoms with Crippen LogP contribution >= 0.6 is 15.9 Å². The van der Waals surface area contributed by atoms with E-state index < -0.39 is 0 Å². The highest BCUT2D eigenvalue weighted by atomic mass is 79.9. The van der Waals surface area contributed by atoms with Crippen LogP contribution in [0.5, 0.6) is 0 Å². The van der Waals surface area contributed by atoms with E-state index in [1.165, 1.54) is 59.1 Å². The number of rotatable bonds is 4. The van der Waals surface area contributed by atoms with E-state index in [1.807, 2.05) is 0 Å². The molecule has 0 spiro atoms. The van der Waals surface area contributed by atoms with Gasteiger partial charge in [-0.3, -0.25) is 0 Å². The maximum absolute atomic E-state index is 5.87. The van der Waals surface area contributed by atoms with E-state index >= 15 is 0 Å². The first kappa shape index (κ1) is 17.0. The zero-order chi connectivity index (χ0) is 15.6. The van der Waals surface area contributed by atoms with Crippen LogP contribution < -0.4 is 0 Å². The Morgan fingerprint density at radius 2 is 1.52 bits per heavy atom. The number of ether oxygens (including phenoxy) is 1. The number of hydrogen-bond donors (Lipinski definition) is 0. The first-order chi connectivity index (χ1) is 9.93. The normalized spacial score (nSPS) is 20.6. The van der Waals surface area contributed by atoms with Crippen LogP contribution in [0.25, 0.3) is 0 Å². The third-order valence-electron chi connectivity index (χ3n) is 5.39. The topological polar surface area (TPSA) is 9.23 Å². The van der Waals surface area contributed by atoms with Crippen molar-refractivity contribution in [3.8, 4) is 0 Å². The van der Waals surface area contributed by atoms with Gasteiger partial charge in [-0.25, -0.2) is 0 Å². The molecule has 1 aliphatic heterocycles. The third-order valence-corrected chi connectivity index (χ3v) is 6.30. The summed E-state index contributed by atoms with van der Waals surface area (Å²) in [6.45, 7) is 12.3. The summed E-state index contributed by atoms with van der Waals surface area (Å²) in [4.78, 5) is 0.445. The van der Waals surface area contributed by atoms with Gasteiger partial charge in [0.05, 0.1) is 6.10 Å². The van der Waals surface area contributed by atoms with Crippen LogP contribution in [0.3, 0.4) is 0 Å². The minimum Gasteiger partial charge on any atom is -0.378 e. The Balaban J connectivity index is 2.13. The van der Waals surface area contributed by atoms with Gasteiger partial charge in [-0.15, -0.1) is 0 Å². The van der Waals surface area contributed by atoms with Crippen molar-refractivity contribution in [2.24, 2.45) is 0 Å². The molecule has 0 aliphatic carbocycles. The zero-order valence-electron chi connectivity index (χ0n) is 14.2. The van der Waals surface area contributed by atoms with Gasteiger partial charge in [0.1, 0.15) is 0 Å². The molecule has 1 aromatic carbocycles. The summed E-state index contributed by atoms with van der Waals surface area (Å²) in [5.74, 6) is 0.